The second-order valence-corrected chi connectivity index (χ2v) is 6.05. The minimum Gasteiger partial charge on any atom is -0.491 e. The molecule has 1 aliphatic heterocycles. The van der Waals surface area contributed by atoms with Gasteiger partial charge in [0, 0.05) is 0 Å². The van der Waals surface area contributed by atoms with Gasteiger partial charge in [-0.3, -0.25) is 0 Å². The van der Waals surface area contributed by atoms with Crippen LogP contribution in [0.3, 0.4) is 0 Å². The molecule has 0 aliphatic carbocycles. The van der Waals surface area contributed by atoms with Crippen LogP contribution in [0.25, 0.3) is 0 Å². The third-order valence-corrected chi connectivity index (χ3v) is 4.03. The Morgan fingerprint density at radius 2 is 1.95 bits per heavy atom. The van der Waals surface area contributed by atoms with Crippen LogP contribution in [0.4, 0.5) is 0 Å². The highest BCUT2D eigenvalue weighted by molar-refractivity contribution is 5.30. The lowest BCUT2D eigenvalue weighted by atomic mass is 10.0. The molecule has 0 amide bonds. The summed E-state index contributed by atoms with van der Waals surface area (Å²) >= 11 is 0. The first-order valence-electron chi connectivity index (χ1n) is 8.21. The molecule has 0 radical (unpaired) electrons. The predicted molar refractivity (Wildman–Crippen MR) is 84.1 cm³/mol. The van der Waals surface area contributed by atoms with E-state index in [4.69, 9.17) is 9.47 Å². The number of ether oxygens (including phenoxy) is 2. The van der Waals surface area contributed by atoms with E-state index in [0.717, 1.165) is 18.9 Å². The van der Waals surface area contributed by atoms with Crippen molar-refractivity contribution in [3.05, 3.63) is 29.8 Å². The molecule has 0 spiro atoms. The maximum atomic E-state index is 5.75. The number of quaternary nitrogens is 2. The van der Waals surface area contributed by atoms with E-state index in [1.165, 1.54) is 31.7 Å². The van der Waals surface area contributed by atoms with Gasteiger partial charge in [-0.2, -0.15) is 0 Å². The summed E-state index contributed by atoms with van der Waals surface area (Å²) in [6.45, 7) is 12.7. The van der Waals surface area contributed by atoms with Gasteiger partial charge in [0.25, 0.3) is 0 Å². The third kappa shape index (κ3) is 6.04. The van der Waals surface area contributed by atoms with E-state index in [-0.39, 0.29) is 0 Å². The molecule has 3 N–H and O–H groups in total. The van der Waals surface area contributed by atoms with Crippen molar-refractivity contribution in [2.24, 2.45) is 0 Å². The normalized spacial score (nSPS) is 16.3. The van der Waals surface area contributed by atoms with Gasteiger partial charge in [-0.1, -0.05) is 26.0 Å². The summed E-state index contributed by atoms with van der Waals surface area (Å²) in [6.07, 6.45) is 0. The Bertz CT molecular complexity index is 404. The molecular weight excluding hydrogens is 264 g/mol. The van der Waals surface area contributed by atoms with E-state index < -0.39 is 0 Å². The quantitative estimate of drug-likeness (QED) is 0.645. The molecule has 1 saturated heterocycles. The lowest BCUT2D eigenvalue weighted by Crippen LogP contribution is -3.20. The minimum atomic E-state index is 0.537. The fourth-order valence-corrected chi connectivity index (χ4v) is 2.63. The van der Waals surface area contributed by atoms with Gasteiger partial charge >= 0.3 is 0 Å². The number of nitrogens with two attached hydrogens (primary N) is 1. The average molecular weight is 294 g/mol. The first-order valence-corrected chi connectivity index (χ1v) is 8.21. The van der Waals surface area contributed by atoms with E-state index in [2.05, 4.69) is 37.4 Å². The summed E-state index contributed by atoms with van der Waals surface area (Å²) in [5.74, 6) is 1.48. The highest BCUT2D eigenvalue weighted by Crippen LogP contribution is 2.19. The lowest BCUT2D eigenvalue weighted by Gasteiger charge is -2.21. The minimum absolute atomic E-state index is 0.537. The van der Waals surface area contributed by atoms with Gasteiger partial charge in [0.15, 0.2) is 0 Å². The maximum absolute atomic E-state index is 5.75. The number of benzene rings is 1. The fraction of sp³-hybridized carbons (Fsp3) is 0.647. The number of hydrogen-bond donors (Lipinski definition) is 2. The van der Waals surface area contributed by atoms with Crippen molar-refractivity contribution in [3.8, 4) is 5.75 Å². The zero-order chi connectivity index (χ0) is 14.9. The van der Waals surface area contributed by atoms with Gasteiger partial charge in [0.1, 0.15) is 45.1 Å². The molecule has 1 heterocycles. The molecule has 2 rings (SSSR count). The molecule has 0 bridgehead atoms. The van der Waals surface area contributed by atoms with E-state index in [9.17, 15) is 0 Å². The first-order chi connectivity index (χ1) is 10.3. The van der Waals surface area contributed by atoms with Crippen LogP contribution in [0, 0.1) is 0 Å². The van der Waals surface area contributed by atoms with Crippen LogP contribution in [0.2, 0.25) is 0 Å². The van der Waals surface area contributed by atoms with Gasteiger partial charge in [0.2, 0.25) is 0 Å². The second kappa shape index (κ2) is 9.03. The standard InChI is InChI=1S/C17H28N2O2/c1-15(2)16-4-3-5-17(14-16)21-13-12-20-11-10-19-8-6-18-7-9-19/h3-5,14-15,18H,6-13H2,1-2H3/p+2. The van der Waals surface area contributed by atoms with Crippen LogP contribution in [-0.2, 0) is 4.74 Å². The number of hydrogen-bond acceptors (Lipinski definition) is 2. The van der Waals surface area contributed by atoms with Crippen molar-refractivity contribution >= 4 is 0 Å². The molecule has 4 heteroatoms. The Hall–Kier alpha value is -1.10. The molecule has 118 valence electrons. The maximum Gasteiger partial charge on any atom is 0.127 e. The van der Waals surface area contributed by atoms with E-state index in [0.29, 0.717) is 19.1 Å². The molecule has 1 aliphatic rings. The van der Waals surface area contributed by atoms with Crippen LogP contribution in [-0.4, -0.2) is 52.5 Å². The fourth-order valence-electron chi connectivity index (χ4n) is 2.63. The van der Waals surface area contributed by atoms with Gasteiger partial charge < -0.3 is 19.7 Å². The average Bonchev–Trinajstić information content (AvgIpc) is 2.52. The third-order valence-electron chi connectivity index (χ3n) is 4.03. The number of piperazine rings is 1. The molecule has 0 unspecified atom stereocenters. The highest BCUT2D eigenvalue weighted by atomic mass is 16.5. The molecule has 0 atom stereocenters. The summed E-state index contributed by atoms with van der Waals surface area (Å²) in [5.41, 5.74) is 1.32. The van der Waals surface area contributed by atoms with Crippen LogP contribution in [0.15, 0.2) is 24.3 Å². The molecular formula is C17H30N2O2+2. The second-order valence-electron chi connectivity index (χ2n) is 6.05. The Kier molecular flexibility index (Phi) is 7.00. The van der Waals surface area contributed by atoms with Gasteiger partial charge in [-0.25, -0.2) is 0 Å². The van der Waals surface area contributed by atoms with E-state index in [1.807, 2.05) is 6.07 Å². The highest BCUT2D eigenvalue weighted by Gasteiger charge is 2.14. The lowest BCUT2D eigenvalue weighted by molar-refractivity contribution is -0.947. The SMILES string of the molecule is CC(C)c1cccc(OCCOCC[NH+]2CC[NH2+]CC2)c1. The predicted octanol–water partition coefficient (Wildman–Crippen LogP) is -0.333. The molecule has 1 fully saturated rings. The smallest absolute Gasteiger partial charge is 0.127 e. The van der Waals surface area contributed by atoms with Crippen molar-refractivity contribution in [1.82, 2.24) is 0 Å². The van der Waals surface area contributed by atoms with Crippen LogP contribution in [0.1, 0.15) is 25.3 Å². The summed E-state index contributed by atoms with van der Waals surface area (Å²) in [4.78, 5) is 1.67. The Morgan fingerprint density at radius 3 is 2.71 bits per heavy atom. The van der Waals surface area contributed by atoms with Crippen LogP contribution in [0.5, 0.6) is 5.75 Å². The largest absolute Gasteiger partial charge is 0.491 e. The number of rotatable bonds is 8. The van der Waals surface area contributed by atoms with Crippen molar-refractivity contribution in [2.75, 3.05) is 52.5 Å². The molecule has 21 heavy (non-hydrogen) atoms. The van der Waals surface area contributed by atoms with Crippen LogP contribution < -0.4 is 15.0 Å². The van der Waals surface area contributed by atoms with Crippen molar-refractivity contribution < 1.29 is 19.7 Å². The zero-order valence-corrected chi connectivity index (χ0v) is 13.4. The molecule has 1 aromatic rings. The van der Waals surface area contributed by atoms with E-state index >= 15 is 0 Å². The summed E-state index contributed by atoms with van der Waals surface area (Å²) in [7, 11) is 0. The van der Waals surface area contributed by atoms with Crippen LogP contribution >= 0.6 is 0 Å². The molecule has 0 aromatic heterocycles. The Morgan fingerprint density at radius 1 is 1.14 bits per heavy atom. The van der Waals surface area contributed by atoms with E-state index in [1.54, 1.807) is 4.90 Å². The van der Waals surface area contributed by atoms with Crippen molar-refractivity contribution in [1.29, 1.82) is 0 Å². The van der Waals surface area contributed by atoms with Gasteiger partial charge in [-0.15, -0.1) is 0 Å². The van der Waals surface area contributed by atoms with Crippen molar-refractivity contribution in [3.63, 3.8) is 0 Å². The van der Waals surface area contributed by atoms with Crippen molar-refractivity contribution in [2.45, 2.75) is 19.8 Å². The summed E-state index contributed by atoms with van der Waals surface area (Å²) in [5, 5.41) is 2.39. The molecule has 0 saturated carbocycles. The Balaban J connectivity index is 1.56. The monoisotopic (exact) mass is 294 g/mol. The van der Waals surface area contributed by atoms with Gasteiger partial charge in [-0.05, 0) is 23.6 Å². The Labute approximate surface area is 128 Å². The molecule has 1 aromatic carbocycles. The van der Waals surface area contributed by atoms with Gasteiger partial charge in [0.05, 0.1) is 13.2 Å². The summed E-state index contributed by atoms with van der Waals surface area (Å²) in [6, 6.07) is 8.34. The zero-order valence-electron chi connectivity index (χ0n) is 13.4. The number of nitrogens with one attached hydrogen (secondary N) is 1. The molecule has 4 nitrogen and oxygen atoms in total. The topological polar surface area (TPSA) is 39.5 Å². The summed E-state index contributed by atoms with van der Waals surface area (Å²) < 4.78 is 11.4. The first kappa shape index (κ1) is 16.3.